The summed E-state index contributed by atoms with van der Waals surface area (Å²) in [5, 5.41) is 13.9. The number of halogens is 2. The predicted octanol–water partition coefficient (Wildman–Crippen LogP) is 4.10. The van der Waals surface area contributed by atoms with Crippen LogP contribution in [-0.2, 0) is 20.7 Å². The zero-order chi connectivity index (χ0) is 29.7. The molecule has 1 heterocycles. The second-order valence-electron chi connectivity index (χ2n) is 11.8. The van der Waals surface area contributed by atoms with Gasteiger partial charge < -0.3 is 35.1 Å². The molecule has 1 aromatic rings. The van der Waals surface area contributed by atoms with E-state index in [2.05, 4.69) is 44.0 Å². The summed E-state index contributed by atoms with van der Waals surface area (Å²) in [6.45, 7) is 14.7. The van der Waals surface area contributed by atoms with E-state index in [1.165, 1.54) is 0 Å². The molecular weight excluding hydrogens is 581 g/mol. The van der Waals surface area contributed by atoms with E-state index in [0.717, 1.165) is 43.8 Å². The predicted molar refractivity (Wildman–Crippen MR) is 173 cm³/mol. The van der Waals surface area contributed by atoms with Crippen LogP contribution < -0.4 is 20.5 Å². The maximum absolute atomic E-state index is 12.7. The number of nitrogens with two attached hydrogens (primary N) is 1. The number of hydrogen-bond donors (Lipinski definition) is 3. The summed E-state index contributed by atoms with van der Waals surface area (Å²) >= 11 is 0. The first-order valence-electron chi connectivity index (χ1n) is 14.9. The highest BCUT2D eigenvalue weighted by atomic mass is 35.5. The molecule has 6 atom stereocenters. The van der Waals surface area contributed by atoms with Crippen LogP contribution in [0.5, 0.6) is 11.5 Å². The fourth-order valence-corrected chi connectivity index (χ4v) is 5.37. The Kier molecular flexibility index (Phi) is 20.7. The molecule has 9 nitrogen and oxygen atoms in total. The number of methoxy groups -OCH3 is 2. The maximum atomic E-state index is 12.7. The van der Waals surface area contributed by atoms with Crippen LogP contribution in [0.15, 0.2) is 18.2 Å². The summed E-state index contributed by atoms with van der Waals surface area (Å²) in [4.78, 5) is 15.0. The number of benzene rings is 1. The molecular formula is C31H57Cl2N3O6. The summed E-state index contributed by atoms with van der Waals surface area (Å²) < 4.78 is 22.3. The van der Waals surface area contributed by atoms with Crippen molar-refractivity contribution in [3.05, 3.63) is 23.8 Å². The minimum atomic E-state index is -0.751. The molecule has 0 radical (unpaired) electrons. The van der Waals surface area contributed by atoms with Gasteiger partial charge in [0.1, 0.15) is 0 Å². The number of amides is 1. The fourth-order valence-electron chi connectivity index (χ4n) is 5.37. The molecule has 4 N–H and O–H groups in total. The minimum Gasteiger partial charge on any atom is -0.493 e. The molecule has 0 aliphatic carbocycles. The third-order valence-electron chi connectivity index (χ3n) is 7.75. The van der Waals surface area contributed by atoms with Crippen molar-refractivity contribution in [1.82, 2.24) is 10.2 Å². The standard InChI is InChI=1S/C31H55N3O6.2ClH/c1-21(2)26(16-25-9-10-29(38-7)30(17-25)39-14-8-13-37-6)18-27(32)28(35)15-22(3)31(36)33-11-12-34-19-23(4)40-24(5)20-34;;/h9-10,17,21-24,26-28,35H,8,11-16,18-20,32H2,1-7H3,(H,33,36);2*1H/t22?,23-,24-,26?,27?,28?;;/m0../s1. The van der Waals surface area contributed by atoms with Crippen LogP contribution in [0.3, 0.4) is 0 Å². The van der Waals surface area contributed by atoms with Gasteiger partial charge in [-0.3, -0.25) is 9.69 Å². The number of nitrogens with one attached hydrogen (secondary N) is 1. The van der Waals surface area contributed by atoms with Gasteiger partial charge in [0, 0.05) is 58.3 Å². The van der Waals surface area contributed by atoms with Crippen molar-refractivity contribution >= 4 is 30.7 Å². The van der Waals surface area contributed by atoms with Gasteiger partial charge in [-0.25, -0.2) is 0 Å². The van der Waals surface area contributed by atoms with Gasteiger partial charge in [0.25, 0.3) is 0 Å². The molecule has 0 bridgehead atoms. The van der Waals surface area contributed by atoms with Gasteiger partial charge in [0.2, 0.25) is 5.91 Å². The van der Waals surface area contributed by atoms with Gasteiger partial charge in [0.05, 0.1) is 32.0 Å². The van der Waals surface area contributed by atoms with E-state index in [-0.39, 0.29) is 54.8 Å². The third-order valence-corrected chi connectivity index (χ3v) is 7.75. The molecule has 246 valence electrons. The number of nitrogens with zero attached hydrogens (tertiary/aromatic N) is 1. The Morgan fingerprint density at radius 3 is 2.36 bits per heavy atom. The highest BCUT2D eigenvalue weighted by Gasteiger charge is 2.27. The van der Waals surface area contributed by atoms with E-state index in [4.69, 9.17) is 24.7 Å². The van der Waals surface area contributed by atoms with Crippen molar-refractivity contribution in [2.45, 2.75) is 84.7 Å². The molecule has 1 aliphatic heterocycles. The van der Waals surface area contributed by atoms with Crippen LogP contribution in [0.25, 0.3) is 0 Å². The first-order valence-corrected chi connectivity index (χ1v) is 14.9. The zero-order valence-electron chi connectivity index (χ0n) is 26.7. The smallest absolute Gasteiger partial charge is 0.222 e. The molecule has 0 aromatic heterocycles. The Balaban J connectivity index is 0.00000840. The lowest BCUT2D eigenvalue weighted by molar-refractivity contribution is -0.125. The first kappa shape index (κ1) is 40.7. The van der Waals surface area contributed by atoms with Gasteiger partial charge in [-0.05, 0) is 62.6 Å². The molecule has 1 fully saturated rings. The minimum absolute atomic E-state index is 0. The highest BCUT2D eigenvalue weighted by Crippen LogP contribution is 2.31. The van der Waals surface area contributed by atoms with Gasteiger partial charge in [0.15, 0.2) is 11.5 Å². The van der Waals surface area contributed by atoms with Crippen molar-refractivity contribution in [3.8, 4) is 11.5 Å². The van der Waals surface area contributed by atoms with Crippen LogP contribution in [-0.4, -0.2) is 93.9 Å². The largest absolute Gasteiger partial charge is 0.493 e. The van der Waals surface area contributed by atoms with Crippen molar-refractivity contribution in [3.63, 3.8) is 0 Å². The average molecular weight is 639 g/mol. The van der Waals surface area contributed by atoms with E-state index >= 15 is 0 Å². The van der Waals surface area contributed by atoms with Gasteiger partial charge >= 0.3 is 0 Å². The van der Waals surface area contributed by atoms with Crippen LogP contribution in [0.4, 0.5) is 0 Å². The van der Waals surface area contributed by atoms with Crippen molar-refractivity contribution in [1.29, 1.82) is 0 Å². The number of aliphatic hydroxyl groups is 1. The number of aliphatic hydroxyl groups excluding tert-OH is 1. The van der Waals surface area contributed by atoms with E-state index in [1.807, 2.05) is 19.1 Å². The Hall–Kier alpha value is -1.33. The van der Waals surface area contributed by atoms with E-state index in [9.17, 15) is 9.90 Å². The second kappa shape index (κ2) is 21.4. The number of morpholine rings is 1. The molecule has 4 unspecified atom stereocenters. The number of carbonyl (C=O) groups is 1. The molecule has 1 aliphatic rings. The summed E-state index contributed by atoms with van der Waals surface area (Å²) in [6.07, 6.45) is 2.27. The molecule has 0 spiro atoms. The molecule has 1 amide bonds. The number of rotatable bonds is 18. The molecule has 11 heteroatoms. The second-order valence-corrected chi connectivity index (χ2v) is 11.8. The van der Waals surface area contributed by atoms with Crippen molar-refractivity contribution < 1.29 is 28.8 Å². The number of ether oxygens (including phenoxy) is 4. The SMILES string of the molecule is COCCCOc1cc(CC(CC(N)C(O)CC(C)C(=O)NCCN2C[C@H](C)O[C@@H](C)C2)C(C)C)ccc1OC.Cl.Cl. The van der Waals surface area contributed by atoms with Crippen molar-refractivity contribution in [2.24, 2.45) is 23.5 Å². The number of carbonyl (C=O) groups excluding carboxylic acids is 1. The van der Waals surface area contributed by atoms with E-state index in [0.29, 0.717) is 44.3 Å². The normalized spacial score (nSPS) is 20.0. The summed E-state index contributed by atoms with van der Waals surface area (Å²) in [6, 6.07) is 5.62. The Morgan fingerprint density at radius 1 is 1.10 bits per heavy atom. The lowest BCUT2D eigenvalue weighted by Gasteiger charge is -2.35. The van der Waals surface area contributed by atoms with Crippen LogP contribution in [0.2, 0.25) is 0 Å². The van der Waals surface area contributed by atoms with E-state index in [1.54, 1.807) is 14.2 Å². The fraction of sp³-hybridized carbons (Fsp3) is 0.774. The van der Waals surface area contributed by atoms with Gasteiger partial charge in [-0.2, -0.15) is 0 Å². The lowest BCUT2D eigenvalue weighted by atomic mass is 9.82. The summed E-state index contributed by atoms with van der Waals surface area (Å²) in [5.41, 5.74) is 7.63. The Bertz CT molecular complexity index is 871. The highest BCUT2D eigenvalue weighted by molar-refractivity contribution is 5.85. The quantitative estimate of drug-likeness (QED) is 0.206. The maximum Gasteiger partial charge on any atom is 0.222 e. The third kappa shape index (κ3) is 14.4. The molecule has 42 heavy (non-hydrogen) atoms. The average Bonchev–Trinajstić information content (AvgIpc) is 2.90. The molecule has 2 rings (SSSR count). The Labute approximate surface area is 266 Å². The lowest BCUT2D eigenvalue weighted by Crippen LogP contribution is -2.48. The van der Waals surface area contributed by atoms with Crippen LogP contribution >= 0.6 is 24.8 Å². The van der Waals surface area contributed by atoms with Crippen LogP contribution in [0, 0.1) is 17.8 Å². The molecule has 1 saturated heterocycles. The molecule has 0 saturated carbocycles. The summed E-state index contributed by atoms with van der Waals surface area (Å²) in [7, 11) is 3.32. The van der Waals surface area contributed by atoms with Crippen LogP contribution in [0.1, 0.15) is 59.4 Å². The molecule has 1 aromatic carbocycles. The number of hydrogen-bond acceptors (Lipinski definition) is 8. The topological polar surface area (TPSA) is 116 Å². The Morgan fingerprint density at radius 2 is 1.76 bits per heavy atom. The van der Waals surface area contributed by atoms with Gasteiger partial charge in [-0.15, -0.1) is 24.8 Å². The monoisotopic (exact) mass is 637 g/mol. The van der Waals surface area contributed by atoms with Crippen molar-refractivity contribution in [2.75, 3.05) is 53.6 Å². The van der Waals surface area contributed by atoms with E-state index < -0.39 is 12.1 Å². The summed E-state index contributed by atoms with van der Waals surface area (Å²) in [5.74, 6) is 1.70. The van der Waals surface area contributed by atoms with Gasteiger partial charge in [-0.1, -0.05) is 26.8 Å². The zero-order valence-corrected chi connectivity index (χ0v) is 28.3. The first-order chi connectivity index (χ1) is 19.0.